The van der Waals surface area contributed by atoms with E-state index in [1.54, 1.807) is 0 Å². The fourth-order valence-corrected chi connectivity index (χ4v) is 3.20. The Balaban J connectivity index is 2.30. The highest BCUT2D eigenvalue weighted by molar-refractivity contribution is 5.88. The van der Waals surface area contributed by atoms with Gasteiger partial charge in [0.25, 0.3) is 0 Å². The Hall–Kier alpha value is -1.35. The number of fused-ring (bicyclic) bond motifs is 3. The molecule has 1 heterocycles. The molecule has 0 fully saturated rings. The number of aromatic nitrogens is 1. The maximum Gasteiger partial charge on any atom is 0.124 e. The molecule has 2 N–H and O–H groups in total. The maximum atomic E-state index is 13.5. The molecule has 0 bridgehead atoms. The smallest absolute Gasteiger partial charge is 0.124 e. The quantitative estimate of drug-likeness (QED) is 0.732. The van der Waals surface area contributed by atoms with Gasteiger partial charge in [-0.3, -0.25) is 0 Å². The predicted molar refractivity (Wildman–Crippen MR) is 70.1 cm³/mol. The molecule has 0 amide bonds. The third-order valence-corrected chi connectivity index (χ3v) is 3.93. The lowest BCUT2D eigenvalue weighted by molar-refractivity contribution is 0.100. The van der Waals surface area contributed by atoms with Crippen molar-refractivity contribution in [2.24, 2.45) is 5.41 Å². The highest BCUT2D eigenvalue weighted by Crippen LogP contribution is 2.44. The van der Waals surface area contributed by atoms with Gasteiger partial charge >= 0.3 is 0 Å². The summed E-state index contributed by atoms with van der Waals surface area (Å²) >= 11 is 0. The third-order valence-electron chi connectivity index (χ3n) is 3.93. The Morgan fingerprint density at radius 3 is 2.83 bits per heavy atom. The largest absolute Gasteiger partial charge is 0.388 e. The van der Waals surface area contributed by atoms with Gasteiger partial charge in [-0.15, -0.1) is 0 Å². The van der Waals surface area contributed by atoms with Crippen LogP contribution in [0.3, 0.4) is 0 Å². The van der Waals surface area contributed by atoms with Gasteiger partial charge in [0.15, 0.2) is 0 Å². The average Bonchev–Trinajstić information content (AvgIpc) is 2.54. The number of aromatic amines is 1. The molecule has 18 heavy (non-hydrogen) atoms. The lowest BCUT2D eigenvalue weighted by Crippen LogP contribution is -2.25. The SMILES string of the molecule is Cc1cc(F)cc2c3c([nH]c12)CC(C)(C)CC3O. The number of benzene rings is 1. The van der Waals surface area contributed by atoms with E-state index < -0.39 is 6.10 Å². The van der Waals surface area contributed by atoms with Crippen molar-refractivity contribution in [3.63, 3.8) is 0 Å². The molecule has 1 unspecified atom stereocenters. The first-order valence-electron chi connectivity index (χ1n) is 6.36. The second kappa shape index (κ2) is 3.58. The van der Waals surface area contributed by atoms with Crippen LogP contribution in [0.4, 0.5) is 4.39 Å². The minimum absolute atomic E-state index is 0.0831. The molecular weight excluding hydrogens is 229 g/mol. The van der Waals surface area contributed by atoms with E-state index >= 15 is 0 Å². The zero-order valence-corrected chi connectivity index (χ0v) is 11.0. The van der Waals surface area contributed by atoms with Crippen LogP contribution in [0.2, 0.25) is 0 Å². The van der Waals surface area contributed by atoms with Crippen LogP contribution in [0.25, 0.3) is 10.9 Å². The molecule has 0 saturated carbocycles. The van der Waals surface area contributed by atoms with E-state index in [9.17, 15) is 9.50 Å². The molecule has 1 aliphatic rings. The number of halogens is 1. The number of aliphatic hydroxyl groups is 1. The van der Waals surface area contributed by atoms with E-state index in [0.29, 0.717) is 0 Å². The molecule has 3 rings (SSSR count). The van der Waals surface area contributed by atoms with Crippen LogP contribution < -0.4 is 0 Å². The summed E-state index contributed by atoms with van der Waals surface area (Å²) in [7, 11) is 0. The van der Waals surface area contributed by atoms with Gasteiger partial charge in [-0.1, -0.05) is 13.8 Å². The predicted octanol–water partition coefficient (Wildman–Crippen LogP) is 3.62. The zero-order valence-electron chi connectivity index (χ0n) is 11.0. The Kier molecular flexibility index (Phi) is 2.33. The van der Waals surface area contributed by atoms with Crippen LogP contribution in [0.1, 0.15) is 43.2 Å². The standard InChI is InChI=1S/C15H18FNO/c1-8-4-9(16)5-10-13-11(17-14(8)10)6-15(2,3)7-12(13)18/h4-5,12,17-18H,6-7H2,1-3H3. The van der Waals surface area contributed by atoms with E-state index in [2.05, 4.69) is 18.8 Å². The maximum absolute atomic E-state index is 13.5. The van der Waals surface area contributed by atoms with E-state index in [0.717, 1.165) is 40.6 Å². The van der Waals surface area contributed by atoms with E-state index in [4.69, 9.17) is 0 Å². The number of hydrogen-bond acceptors (Lipinski definition) is 1. The molecule has 1 aromatic carbocycles. The van der Waals surface area contributed by atoms with Crippen LogP contribution in [-0.4, -0.2) is 10.1 Å². The number of rotatable bonds is 0. The van der Waals surface area contributed by atoms with Crippen molar-refractivity contribution >= 4 is 10.9 Å². The van der Waals surface area contributed by atoms with Gasteiger partial charge in [0.2, 0.25) is 0 Å². The molecule has 96 valence electrons. The summed E-state index contributed by atoms with van der Waals surface area (Å²) in [4.78, 5) is 3.37. The summed E-state index contributed by atoms with van der Waals surface area (Å²) in [6.07, 6.45) is 1.12. The van der Waals surface area contributed by atoms with Crippen molar-refractivity contribution in [2.75, 3.05) is 0 Å². The molecule has 1 aromatic heterocycles. The number of aliphatic hydroxyl groups excluding tert-OH is 1. The van der Waals surface area contributed by atoms with Crippen molar-refractivity contribution < 1.29 is 9.50 Å². The molecule has 0 saturated heterocycles. The molecule has 1 aliphatic carbocycles. The normalized spacial score (nSPS) is 22.2. The van der Waals surface area contributed by atoms with E-state index in [-0.39, 0.29) is 11.2 Å². The second-order valence-corrected chi connectivity index (χ2v) is 6.22. The van der Waals surface area contributed by atoms with Gasteiger partial charge in [0, 0.05) is 22.2 Å². The lowest BCUT2D eigenvalue weighted by atomic mass is 9.75. The van der Waals surface area contributed by atoms with Crippen LogP contribution in [0, 0.1) is 18.2 Å². The van der Waals surface area contributed by atoms with Crippen LogP contribution in [0.5, 0.6) is 0 Å². The monoisotopic (exact) mass is 247 g/mol. The van der Waals surface area contributed by atoms with Crippen molar-refractivity contribution in [1.29, 1.82) is 0 Å². The molecule has 0 spiro atoms. The van der Waals surface area contributed by atoms with Crippen molar-refractivity contribution in [2.45, 2.75) is 39.7 Å². The number of nitrogens with one attached hydrogen (secondary N) is 1. The van der Waals surface area contributed by atoms with E-state index in [1.165, 1.54) is 12.1 Å². The van der Waals surface area contributed by atoms with Gasteiger partial charge < -0.3 is 10.1 Å². The topological polar surface area (TPSA) is 36.0 Å². The first-order valence-corrected chi connectivity index (χ1v) is 6.36. The van der Waals surface area contributed by atoms with Gasteiger partial charge in [0.1, 0.15) is 5.82 Å². The molecule has 0 aliphatic heterocycles. The van der Waals surface area contributed by atoms with Crippen LogP contribution in [0.15, 0.2) is 12.1 Å². The molecule has 3 heteroatoms. The fraction of sp³-hybridized carbons (Fsp3) is 0.467. The summed E-state index contributed by atoms with van der Waals surface area (Å²) in [5, 5.41) is 11.2. The Bertz CT molecular complexity index is 627. The molecule has 2 nitrogen and oxygen atoms in total. The first-order chi connectivity index (χ1) is 8.37. The summed E-state index contributed by atoms with van der Waals surface area (Å²) in [5.41, 5.74) is 3.89. The fourth-order valence-electron chi connectivity index (χ4n) is 3.20. The Morgan fingerprint density at radius 1 is 1.39 bits per heavy atom. The summed E-state index contributed by atoms with van der Waals surface area (Å²) in [6.45, 7) is 6.20. The number of H-pyrrole nitrogens is 1. The van der Waals surface area contributed by atoms with Gasteiger partial charge in [0.05, 0.1) is 6.10 Å². The Morgan fingerprint density at radius 2 is 2.11 bits per heavy atom. The Labute approximate surface area is 106 Å². The average molecular weight is 247 g/mol. The zero-order chi connectivity index (χ0) is 13.1. The van der Waals surface area contributed by atoms with Crippen molar-refractivity contribution in [3.05, 3.63) is 34.8 Å². The minimum atomic E-state index is -0.501. The van der Waals surface area contributed by atoms with Crippen molar-refractivity contribution in [1.82, 2.24) is 4.98 Å². The summed E-state index contributed by atoms with van der Waals surface area (Å²) in [6, 6.07) is 3.06. The highest BCUT2D eigenvalue weighted by Gasteiger charge is 2.34. The lowest BCUT2D eigenvalue weighted by Gasteiger charge is -2.32. The second-order valence-electron chi connectivity index (χ2n) is 6.22. The van der Waals surface area contributed by atoms with E-state index in [1.807, 2.05) is 6.92 Å². The molecule has 1 atom stereocenters. The first kappa shape index (κ1) is 11.7. The van der Waals surface area contributed by atoms with Crippen LogP contribution >= 0.6 is 0 Å². The summed E-state index contributed by atoms with van der Waals surface area (Å²) in [5.74, 6) is -0.237. The van der Waals surface area contributed by atoms with Crippen LogP contribution in [-0.2, 0) is 6.42 Å². The number of aryl methyl sites for hydroxylation is 1. The molecular formula is C15H18FNO. The summed E-state index contributed by atoms with van der Waals surface area (Å²) < 4.78 is 13.5. The minimum Gasteiger partial charge on any atom is -0.388 e. The van der Waals surface area contributed by atoms with Gasteiger partial charge in [-0.05, 0) is 42.9 Å². The van der Waals surface area contributed by atoms with Crippen molar-refractivity contribution in [3.8, 4) is 0 Å². The molecule has 0 radical (unpaired) electrons. The van der Waals surface area contributed by atoms with Gasteiger partial charge in [-0.25, -0.2) is 4.39 Å². The third kappa shape index (κ3) is 1.65. The number of hydrogen-bond donors (Lipinski definition) is 2. The highest BCUT2D eigenvalue weighted by atomic mass is 19.1. The molecule has 2 aromatic rings. The van der Waals surface area contributed by atoms with Gasteiger partial charge in [-0.2, -0.15) is 0 Å².